The molecule has 1 heterocycles. The predicted molar refractivity (Wildman–Crippen MR) is 81.5 cm³/mol. The standard InChI is InChI=1S/C16H12ClFN2O/c1-9-6-7-10(17)8-12(9)15-14(16(19)21-20-15)11-4-2-3-5-13(11)18/h2-8H,19H2,1H3. The largest absolute Gasteiger partial charge is 0.367 e. The zero-order valence-corrected chi connectivity index (χ0v) is 12.0. The van der Waals surface area contributed by atoms with Crippen LogP contribution >= 0.6 is 11.6 Å². The van der Waals surface area contributed by atoms with Gasteiger partial charge in [-0.05, 0) is 30.7 Å². The number of hydrogen-bond donors (Lipinski definition) is 1. The fourth-order valence-corrected chi connectivity index (χ4v) is 2.43. The van der Waals surface area contributed by atoms with Crippen molar-refractivity contribution in [3.05, 3.63) is 58.9 Å². The highest BCUT2D eigenvalue weighted by molar-refractivity contribution is 6.30. The number of rotatable bonds is 2. The number of nitrogen functional groups attached to an aromatic ring is 1. The van der Waals surface area contributed by atoms with Crippen LogP contribution in [0.25, 0.3) is 22.4 Å². The van der Waals surface area contributed by atoms with Gasteiger partial charge in [-0.25, -0.2) is 4.39 Å². The van der Waals surface area contributed by atoms with Gasteiger partial charge >= 0.3 is 0 Å². The van der Waals surface area contributed by atoms with Gasteiger partial charge in [0, 0.05) is 16.1 Å². The molecule has 106 valence electrons. The zero-order valence-electron chi connectivity index (χ0n) is 11.2. The molecule has 0 aliphatic heterocycles. The maximum absolute atomic E-state index is 14.1. The highest BCUT2D eigenvalue weighted by Gasteiger charge is 2.21. The second-order valence-corrected chi connectivity index (χ2v) is 5.15. The summed E-state index contributed by atoms with van der Waals surface area (Å²) in [6.45, 7) is 1.92. The van der Waals surface area contributed by atoms with Gasteiger partial charge in [-0.15, -0.1) is 0 Å². The lowest BCUT2D eigenvalue weighted by Gasteiger charge is -2.07. The summed E-state index contributed by atoms with van der Waals surface area (Å²) < 4.78 is 19.1. The Balaban J connectivity index is 2.27. The fraction of sp³-hybridized carbons (Fsp3) is 0.0625. The molecular formula is C16H12ClFN2O. The van der Waals surface area contributed by atoms with E-state index in [2.05, 4.69) is 5.16 Å². The molecule has 0 bridgehead atoms. The van der Waals surface area contributed by atoms with Crippen LogP contribution in [0.1, 0.15) is 5.56 Å². The van der Waals surface area contributed by atoms with Crippen molar-refractivity contribution in [3.8, 4) is 22.4 Å². The number of anilines is 1. The van der Waals surface area contributed by atoms with Gasteiger partial charge < -0.3 is 10.3 Å². The number of hydrogen-bond acceptors (Lipinski definition) is 3. The van der Waals surface area contributed by atoms with E-state index in [-0.39, 0.29) is 11.7 Å². The molecule has 0 aliphatic rings. The molecule has 0 unspecified atom stereocenters. The summed E-state index contributed by atoms with van der Waals surface area (Å²) in [6.07, 6.45) is 0. The molecule has 21 heavy (non-hydrogen) atoms. The van der Waals surface area contributed by atoms with Crippen LogP contribution in [0.5, 0.6) is 0 Å². The van der Waals surface area contributed by atoms with E-state index < -0.39 is 0 Å². The highest BCUT2D eigenvalue weighted by Crippen LogP contribution is 2.39. The van der Waals surface area contributed by atoms with E-state index >= 15 is 0 Å². The van der Waals surface area contributed by atoms with E-state index in [4.69, 9.17) is 21.9 Å². The van der Waals surface area contributed by atoms with Crippen LogP contribution in [0.2, 0.25) is 5.02 Å². The summed E-state index contributed by atoms with van der Waals surface area (Å²) >= 11 is 6.04. The third-order valence-corrected chi connectivity index (χ3v) is 3.55. The molecule has 2 aromatic carbocycles. The third kappa shape index (κ3) is 2.38. The van der Waals surface area contributed by atoms with Gasteiger partial charge in [0.15, 0.2) is 0 Å². The monoisotopic (exact) mass is 302 g/mol. The Kier molecular flexibility index (Phi) is 3.39. The van der Waals surface area contributed by atoms with Gasteiger partial charge in [0.1, 0.15) is 11.5 Å². The summed E-state index contributed by atoms with van der Waals surface area (Å²) in [5.41, 5.74) is 8.83. The first kappa shape index (κ1) is 13.6. The summed E-state index contributed by atoms with van der Waals surface area (Å²) in [5.74, 6) is -0.303. The SMILES string of the molecule is Cc1ccc(Cl)cc1-c1noc(N)c1-c1ccccc1F. The number of benzene rings is 2. The van der Waals surface area contributed by atoms with Crippen LogP contribution in [0.15, 0.2) is 47.0 Å². The lowest BCUT2D eigenvalue weighted by atomic mass is 9.98. The molecule has 2 N–H and O–H groups in total. The normalized spacial score (nSPS) is 10.8. The minimum atomic E-state index is -0.381. The van der Waals surface area contributed by atoms with Gasteiger partial charge in [-0.2, -0.15) is 0 Å². The fourth-order valence-electron chi connectivity index (χ4n) is 2.26. The zero-order chi connectivity index (χ0) is 15.0. The second-order valence-electron chi connectivity index (χ2n) is 4.71. The number of halogens is 2. The first-order valence-corrected chi connectivity index (χ1v) is 6.72. The van der Waals surface area contributed by atoms with Gasteiger partial charge in [-0.1, -0.05) is 41.0 Å². The molecular weight excluding hydrogens is 291 g/mol. The minimum absolute atomic E-state index is 0.0782. The molecule has 0 amide bonds. The van der Waals surface area contributed by atoms with Crippen molar-refractivity contribution in [2.45, 2.75) is 6.92 Å². The Bertz CT molecular complexity index is 814. The highest BCUT2D eigenvalue weighted by atomic mass is 35.5. The van der Waals surface area contributed by atoms with Crippen LogP contribution in [0, 0.1) is 12.7 Å². The maximum Gasteiger partial charge on any atom is 0.230 e. The lowest BCUT2D eigenvalue weighted by Crippen LogP contribution is -1.92. The van der Waals surface area contributed by atoms with Crippen molar-refractivity contribution in [2.75, 3.05) is 5.73 Å². The van der Waals surface area contributed by atoms with Crippen molar-refractivity contribution < 1.29 is 8.91 Å². The van der Waals surface area contributed by atoms with Crippen LogP contribution < -0.4 is 5.73 Å². The van der Waals surface area contributed by atoms with Crippen molar-refractivity contribution in [1.29, 1.82) is 0 Å². The van der Waals surface area contributed by atoms with E-state index in [1.165, 1.54) is 6.07 Å². The maximum atomic E-state index is 14.1. The van der Waals surface area contributed by atoms with E-state index in [9.17, 15) is 4.39 Å². The Morgan fingerprint density at radius 1 is 1.14 bits per heavy atom. The average molecular weight is 303 g/mol. The lowest BCUT2D eigenvalue weighted by molar-refractivity contribution is 0.439. The predicted octanol–water partition coefficient (Wildman–Crippen LogP) is 4.69. The molecule has 3 aromatic rings. The van der Waals surface area contributed by atoms with Crippen molar-refractivity contribution >= 4 is 17.5 Å². The van der Waals surface area contributed by atoms with Crippen LogP contribution in [-0.4, -0.2) is 5.16 Å². The molecule has 0 saturated heterocycles. The van der Waals surface area contributed by atoms with Crippen LogP contribution in [0.3, 0.4) is 0 Å². The molecule has 1 aromatic heterocycles. The smallest absolute Gasteiger partial charge is 0.230 e. The molecule has 0 aliphatic carbocycles. The summed E-state index contributed by atoms with van der Waals surface area (Å²) in [6, 6.07) is 11.8. The van der Waals surface area contributed by atoms with E-state index in [0.717, 1.165) is 11.1 Å². The van der Waals surface area contributed by atoms with Gasteiger partial charge in [0.2, 0.25) is 5.88 Å². The van der Waals surface area contributed by atoms with Gasteiger partial charge in [0.25, 0.3) is 0 Å². The number of aromatic nitrogens is 1. The number of aryl methyl sites for hydroxylation is 1. The molecule has 0 spiro atoms. The van der Waals surface area contributed by atoms with Crippen molar-refractivity contribution in [2.24, 2.45) is 0 Å². The summed E-state index contributed by atoms with van der Waals surface area (Å²) in [5, 5.41) is 4.55. The van der Waals surface area contributed by atoms with Crippen LogP contribution in [-0.2, 0) is 0 Å². The van der Waals surface area contributed by atoms with Crippen molar-refractivity contribution in [1.82, 2.24) is 5.16 Å². The Labute approximate surface area is 126 Å². The average Bonchev–Trinajstić information content (AvgIpc) is 2.84. The molecule has 0 saturated carbocycles. The first-order valence-electron chi connectivity index (χ1n) is 6.34. The van der Waals surface area contributed by atoms with Gasteiger partial charge in [-0.3, -0.25) is 0 Å². The van der Waals surface area contributed by atoms with Crippen LogP contribution in [0.4, 0.5) is 10.3 Å². The quantitative estimate of drug-likeness (QED) is 0.747. The molecule has 0 radical (unpaired) electrons. The second kappa shape index (κ2) is 5.22. The van der Waals surface area contributed by atoms with E-state index in [1.54, 1.807) is 30.3 Å². The Morgan fingerprint density at radius 3 is 2.67 bits per heavy atom. The molecule has 3 nitrogen and oxygen atoms in total. The van der Waals surface area contributed by atoms with E-state index in [1.807, 2.05) is 13.0 Å². The summed E-state index contributed by atoms with van der Waals surface area (Å²) in [7, 11) is 0. The van der Waals surface area contributed by atoms with Crippen molar-refractivity contribution in [3.63, 3.8) is 0 Å². The molecule has 0 atom stereocenters. The molecule has 0 fully saturated rings. The molecule has 5 heteroatoms. The number of nitrogens with two attached hydrogens (primary N) is 1. The number of nitrogens with zero attached hydrogens (tertiary/aromatic N) is 1. The summed E-state index contributed by atoms with van der Waals surface area (Å²) in [4.78, 5) is 0. The Morgan fingerprint density at radius 2 is 1.90 bits per heavy atom. The molecule has 3 rings (SSSR count). The minimum Gasteiger partial charge on any atom is -0.367 e. The van der Waals surface area contributed by atoms with Gasteiger partial charge in [0.05, 0.1) is 5.56 Å². The third-order valence-electron chi connectivity index (χ3n) is 3.32. The Hall–Kier alpha value is -2.33. The van der Waals surface area contributed by atoms with E-state index in [0.29, 0.717) is 21.8 Å². The topological polar surface area (TPSA) is 52.0 Å². The first-order chi connectivity index (χ1) is 10.1.